The SMILES string of the molecule is Cc1c(C)c2c(c(C)c1O)CC(CO)C(C)O2. The van der Waals surface area contributed by atoms with Crippen molar-refractivity contribution >= 4 is 0 Å². The molecule has 3 heteroatoms. The second-order valence-electron chi connectivity index (χ2n) is 5.00. The second kappa shape index (κ2) is 4.22. The van der Waals surface area contributed by atoms with Crippen LogP contribution in [0.2, 0.25) is 0 Å². The Morgan fingerprint density at radius 3 is 2.41 bits per heavy atom. The number of fused-ring (bicyclic) bond motifs is 1. The smallest absolute Gasteiger partial charge is 0.126 e. The van der Waals surface area contributed by atoms with Crippen molar-refractivity contribution < 1.29 is 14.9 Å². The first kappa shape index (κ1) is 12.2. The highest BCUT2D eigenvalue weighted by Crippen LogP contribution is 2.41. The zero-order chi connectivity index (χ0) is 12.7. The maximum absolute atomic E-state index is 10.0. The van der Waals surface area contributed by atoms with Crippen LogP contribution >= 0.6 is 0 Å². The van der Waals surface area contributed by atoms with Crippen LogP contribution in [0.3, 0.4) is 0 Å². The van der Waals surface area contributed by atoms with Gasteiger partial charge in [-0.3, -0.25) is 0 Å². The Morgan fingerprint density at radius 1 is 1.18 bits per heavy atom. The number of aliphatic hydroxyl groups excluding tert-OH is 1. The van der Waals surface area contributed by atoms with Crippen LogP contribution in [0.25, 0.3) is 0 Å². The van der Waals surface area contributed by atoms with Gasteiger partial charge >= 0.3 is 0 Å². The minimum Gasteiger partial charge on any atom is -0.507 e. The van der Waals surface area contributed by atoms with E-state index in [0.29, 0.717) is 5.75 Å². The quantitative estimate of drug-likeness (QED) is 0.786. The maximum atomic E-state index is 10.0. The molecular formula is C14H20O3. The van der Waals surface area contributed by atoms with Gasteiger partial charge in [-0.25, -0.2) is 0 Å². The highest BCUT2D eigenvalue weighted by atomic mass is 16.5. The molecule has 0 saturated carbocycles. The first-order chi connectivity index (χ1) is 7.97. The molecule has 2 N–H and O–H groups in total. The minimum atomic E-state index is 0.0227. The molecule has 2 rings (SSSR count). The van der Waals surface area contributed by atoms with Crippen LogP contribution in [-0.2, 0) is 6.42 Å². The van der Waals surface area contributed by atoms with Crippen molar-refractivity contribution in [1.82, 2.24) is 0 Å². The third kappa shape index (κ3) is 1.78. The summed E-state index contributed by atoms with van der Waals surface area (Å²) in [6.45, 7) is 7.90. The molecule has 0 amide bonds. The van der Waals surface area contributed by atoms with Gasteiger partial charge in [-0.15, -0.1) is 0 Å². The largest absolute Gasteiger partial charge is 0.507 e. The number of benzene rings is 1. The Kier molecular flexibility index (Phi) is 3.04. The maximum Gasteiger partial charge on any atom is 0.126 e. The van der Waals surface area contributed by atoms with Crippen LogP contribution in [0.15, 0.2) is 0 Å². The van der Waals surface area contributed by atoms with Gasteiger partial charge in [0.05, 0.1) is 0 Å². The minimum absolute atomic E-state index is 0.0227. The van der Waals surface area contributed by atoms with Crippen LogP contribution in [0.5, 0.6) is 11.5 Å². The Balaban J connectivity index is 2.58. The van der Waals surface area contributed by atoms with Gasteiger partial charge in [-0.05, 0) is 50.8 Å². The number of aromatic hydroxyl groups is 1. The van der Waals surface area contributed by atoms with Gasteiger partial charge in [0.1, 0.15) is 17.6 Å². The monoisotopic (exact) mass is 236 g/mol. The number of ether oxygens (including phenoxy) is 1. The first-order valence-electron chi connectivity index (χ1n) is 6.06. The third-order valence-electron chi connectivity index (χ3n) is 4.01. The van der Waals surface area contributed by atoms with E-state index in [1.165, 1.54) is 0 Å². The molecule has 0 fully saturated rings. The van der Waals surface area contributed by atoms with Crippen LogP contribution in [0.1, 0.15) is 29.2 Å². The summed E-state index contributed by atoms with van der Waals surface area (Å²) in [7, 11) is 0. The zero-order valence-corrected chi connectivity index (χ0v) is 10.9. The van der Waals surface area contributed by atoms with Gasteiger partial charge in [0.2, 0.25) is 0 Å². The topological polar surface area (TPSA) is 49.7 Å². The Hall–Kier alpha value is -1.22. The van der Waals surface area contributed by atoms with Crippen molar-refractivity contribution in [3.8, 4) is 11.5 Å². The van der Waals surface area contributed by atoms with E-state index in [0.717, 1.165) is 34.4 Å². The van der Waals surface area contributed by atoms with Gasteiger partial charge in [0.25, 0.3) is 0 Å². The van der Waals surface area contributed by atoms with E-state index in [-0.39, 0.29) is 18.6 Å². The fraction of sp³-hybridized carbons (Fsp3) is 0.571. The highest BCUT2D eigenvalue weighted by molar-refractivity contribution is 5.58. The van der Waals surface area contributed by atoms with E-state index in [9.17, 15) is 10.2 Å². The van der Waals surface area contributed by atoms with Gasteiger partial charge < -0.3 is 14.9 Å². The molecule has 1 aliphatic rings. The lowest BCUT2D eigenvalue weighted by Crippen LogP contribution is -2.33. The highest BCUT2D eigenvalue weighted by Gasteiger charge is 2.30. The lowest BCUT2D eigenvalue weighted by Gasteiger charge is -2.33. The zero-order valence-electron chi connectivity index (χ0n) is 10.9. The lowest BCUT2D eigenvalue weighted by atomic mass is 9.86. The van der Waals surface area contributed by atoms with Crippen LogP contribution in [-0.4, -0.2) is 22.9 Å². The molecule has 0 radical (unpaired) electrons. The normalized spacial score (nSPS) is 23.1. The number of phenolic OH excluding ortho intramolecular Hbond substituents is 1. The molecule has 1 heterocycles. The molecule has 2 unspecified atom stereocenters. The summed E-state index contributed by atoms with van der Waals surface area (Å²) in [5.74, 6) is 1.37. The fourth-order valence-corrected chi connectivity index (χ4v) is 2.50. The average Bonchev–Trinajstić information content (AvgIpc) is 2.33. The molecule has 1 aromatic rings. The van der Waals surface area contributed by atoms with Crippen molar-refractivity contribution in [2.45, 2.75) is 40.2 Å². The van der Waals surface area contributed by atoms with E-state index < -0.39 is 0 Å². The first-order valence-corrected chi connectivity index (χ1v) is 6.06. The Labute approximate surface area is 102 Å². The Bertz CT molecular complexity index is 452. The predicted octanol–water partition coefficient (Wildman–Crippen LogP) is 2.25. The van der Waals surface area contributed by atoms with Gasteiger partial charge in [-0.1, -0.05) is 0 Å². The van der Waals surface area contributed by atoms with Crippen LogP contribution in [0.4, 0.5) is 0 Å². The number of rotatable bonds is 1. The van der Waals surface area contributed by atoms with Crippen molar-refractivity contribution in [2.24, 2.45) is 5.92 Å². The van der Waals surface area contributed by atoms with Gasteiger partial charge in [0, 0.05) is 18.1 Å². The summed E-state index contributed by atoms with van der Waals surface area (Å²) in [6, 6.07) is 0. The summed E-state index contributed by atoms with van der Waals surface area (Å²) < 4.78 is 5.91. The molecule has 3 nitrogen and oxygen atoms in total. The number of hydrogen-bond donors (Lipinski definition) is 2. The van der Waals surface area contributed by atoms with E-state index in [2.05, 4.69) is 0 Å². The molecule has 2 atom stereocenters. The molecule has 1 aliphatic heterocycles. The predicted molar refractivity (Wildman–Crippen MR) is 66.7 cm³/mol. The Morgan fingerprint density at radius 2 is 1.82 bits per heavy atom. The number of aliphatic hydroxyl groups is 1. The lowest BCUT2D eigenvalue weighted by molar-refractivity contribution is 0.0816. The molecule has 0 aliphatic carbocycles. The number of phenols is 1. The molecule has 1 aromatic carbocycles. The second-order valence-corrected chi connectivity index (χ2v) is 5.00. The van der Waals surface area contributed by atoms with E-state index in [4.69, 9.17) is 4.74 Å². The fourth-order valence-electron chi connectivity index (χ4n) is 2.50. The third-order valence-corrected chi connectivity index (χ3v) is 4.01. The summed E-state index contributed by atoms with van der Waals surface area (Å²) in [5, 5.41) is 19.4. The van der Waals surface area contributed by atoms with Gasteiger partial charge in [-0.2, -0.15) is 0 Å². The van der Waals surface area contributed by atoms with Gasteiger partial charge in [0.15, 0.2) is 0 Å². The number of hydrogen-bond acceptors (Lipinski definition) is 3. The van der Waals surface area contributed by atoms with E-state index in [1.54, 1.807) is 0 Å². The van der Waals surface area contributed by atoms with E-state index in [1.807, 2.05) is 27.7 Å². The van der Waals surface area contributed by atoms with Crippen LogP contribution in [0, 0.1) is 26.7 Å². The van der Waals surface area contributed by atoms with Crippen molar-refractivity contribution in [2.75, 3.05) is 6.61 Å². The molecule has 0 bridgehead atoms. The van der Waals surface area contributed by atoms with Crippen LogP contribution < -0.4 is 4.74 Å². The molecule has 17 heavy (non-hydrogen) atoms. The average molecular weight is 236 g/mol. The standard InChI is InChI=1S/C14H20O3/c1-7-8(2)14-12(9(3)13(7)16)5-11(6-15)10(4)17-14/h10-11,15-16H,5-6H2,1-4H3. The molecule has 0 spiro atoms. The molecular weight excluding hydrogens is 216 g/mol. The summed E-state index contributed by atoms with van der Waals surface area (Å²) in [5.41, 5.74) is 3.82. The van der Waals surface area contributed by atoms with Crippen molar-refractivity contribution in [3.05, 3.63) is 22.3 Å². The van der Waals surface area contributed by atoms with E-state index >= 15 is 0 Å². The molecule has 0 aromatic heterocycles. The molecule has 94 valence electrons. The summed E-state index contributed by atoms with van der Waals surface area (Å²) in [6.07, 6.45) is 0.794. The summed E-state index contributed by atoms with van der Waals surface area (Å²) >= 11 is 0. The van der Waals surface area contributed by atoms with Crippen molar-refractivity contribution in [1.29, 1.82) is 0 Å². The molecule has 0 saturated heterocycles. The van der Waals surface area contributed by atoms with Crippen molar-refractivity contribution in [3.63, 3.8) is 0 Å². The summed E-state index contributed by atoms with van der Waals surface area (Å²) in [4.78, 5) is 0.